The van der Waals surface area contributed by atoms with Crippen LogP contribution in [0.2, 0.25) is 0 Å². The Bertz CT molecular complexity index is 451. The van der Waals surface area contributed by atoms with Crippen LogP contribution < -0.4 is 0 Å². The average molecular weight is 280 g/mol. The summed E-state index contributed by atoms with van der Waals surface area (Å²) in [6.45, 7) is 6.57. The Morgan fingerprint density at radius 3 is 2.60 bits per heavy atom. The number of hydrogen-bond acceptors (Lipinski definition) is 4. The SMILES string of the molecule is COC(=O)c1ccc(C(C)OC2CCC(C)(C)CC2)o1. The maximum absolute atomic E-state index is 11.4. The monoisotopic (exact) mass is 280 g/mol. The van der Waals surface area contributed by atoms with Gasteiger partial charge >= 0.3 is 5.97 Å². The fourth-order valence-electron chi connectivity index (χ4n) is 2.65. The fourth-order valence-corrected chi connectivity index (χ4v) is 2.65. The van der Waals surface area contributed by atoms with E-state index in [2.05, 4.69) is 18.6 Å². The standard InChI is InChI=1S/C16H24O4/c1-11(13-5-6-14(20-13)15(17)18-4)19-12-7-9-16(2,3)10-8-12/h5-6,11-12H,7-10H2,1-4H3. The Morgan fingerprint density at radius 2 is 2.00 bits per heavy atom. The van der Waals surface area contributed by atoms with Crippen molar-refractivity contribution in [2.45, 2.75) is 58.7 Å². The van der Waals surface area contributed by atoms with Crippen LogP contribution in [0.1, 0.15) is 68.9 Å². The summed E-state index contributed by atoms with van der Waals surface area (Å²) in [6, 6.07) is 3.41. The van der Waals surface area contributed by atoms with Gasteiger partial charge in [0.2, 0.25) is 5.76 Å². The van der Waals surface area contributed by atoms with E-state index in [1.165, 1.54) is 20.0 Å². The molecule has 0 N–H and O–H groups in total. The van der Waals surface area contributed by atoms with Crippen molar-refractivity contribution in [2.24, 2.45) is 5.41 Å². The number of ether oxygens (including phenoxy) is 2. The topological polar surface area (TPSA) is 48.7 Å². The Labute approximate surface area is 120 Å². The molecule has 4 heteroatoms. The van der Waals surface area contributed by atoms with Gasteiger partial charge in [0.05, 0.1) is 13.2 Å². The first-order chi connectivity index (χ1) is 9.41. The normalized spacial score (nSPS) is 20.6. The predicted octanol–water partition coefficient (Wildman–Crippen LogP) is 4.11. The highest BCUT2D eigenvalue weighted by molar-refractivity contribution is 5.86. The van der Waals surface area contributed by atoms with Gasteiger partial charge in [0.1, 0.15) is 11.9 Å². The summed E-state index contributed by atoms with van der Waals surface area (Å²) in [4.78, 5) is 11.4. The number of carbonyl (C=O) groups excluding carboxylic acids is 1. The molecule has 0 saturated heterocycles. The quantitative estimate of drug-likeness (QED) is 0.779. The van der Waals surface area contributed by atoms with Gasteiger partial charge in [-0.2, -0.15) is 0 Å². The summed E-state index contributed by atoms with van der Waals surface area (Å²) in [5, 5.41) is 0. The van der Waals surface area contributed by atoms with E-state index in [0.29, 0.717) is 11.2 Å². The molecule has 0 amide bonds. The van der Waals surface area contributed by atoms with Crippen molar-refractivity contribution >= 4 is 5.97 Å². The highest BCUT2D eigenvalue weighted by Crippen LogP contribution is 2.37. The Morgan fingerprint density at radius 1 is 1.35 bits per heavy atom. The summed E-state index contributed by atoms with van der Waals surface area (Å²) in [5.41, 5.74) is 0.436. The molecule has 0 radical (unpaired) electrons. The van der Waals surface area contributed by atoms with E-state index in [4.69, 9.17) is 9.15 Å². The van der Waals surface area contributed by atoms with Crippen molar-refractivity contribution in [3.63, 3.8) is 0 Å². The molecule has 112 valence electrons. The van der Waals surface area contributed by atoms with Gasteiger partial charge in [-0.3, -0.25) is 0 Å². The lowest BCUT2D eigenvalue weighted by molar-refractivity contribution is -0.0470. The lowest BCUT2D eigenvalue weighted by Crippen LogP contribution is -2.27. The summed E-state index contributed by atoms with van der Waals surface area (Å²) in [5.74, 6) is 0.445. The van der Waals surface area contributed by atoms with Crippen molar-refractivity contribution < 1.29 is 18.7 Å². The molecule has 1 aromatic heterocycles. The molecular formula is C16H24O4. The van der Waals surface area contributed by atoms with Crippen LogP contribution in [-0.2, 0) is 9.47 Å². The molecule has 1 saturated carbocycles. The number of methoxy groups -OCH3 is 1. The van der Waals surface area contributed by atoms with Gasteiger partial charge in [-0.1, -0.05) is 13.8 Å². The maximum atomic E-state index is 11.4. The number of carbonyl (C=O) groups is 1. The molecule has 1 heterocycles. The van der Waals surface area contributed by atoms with Crippen molar-refractivity contribution in [1.29, 1.82) is 0 Å². The zero-order valence-corrected chi connectivity index (χ0v) is 12.8. The lowest BCUT2D eigenvalue weighted by Gasteiger charge is -2.35. The molecule has 0 aliphatic heterocycles. The molecule has 1 fully saturated rings. The van der Waals surface area contributed by atoms with Gasteiger partial charge in [-0.05, 0) is 50.2 Å². The molecule has 2 rings (SSSR count). The molecule has 1 atom stereocenters. The van der Waals surface area contributed by atoms with Crippen LogP contribution in [0.4, 0.5) is 0 Å². The molecule has 4 nitrogen and oxygen atoms in total. The molecule has 0 bridgehead atoms. The van der Waals surface area contributed by atoms with Crippen LogP contribution in [0.15, 0.2) is 16.5 Å². The first-order valence-electron chi connectivity index (χ1n) is 7.25. The maximum Gasteiger partial charge on any atom is 0.373 e. The van der Waals surface area contributed by atoms with Crippen LogP contribution in [0, 0.1) is 5.41 Å². The van der Waals surface area contributed by atoms with Crippen molar-refractivity contribution in [3.05, 3.63) is 23.7 Å². The molecule has 20 heavy (non-hydrogen) atoms. The number of furan rings is 1. The molecule has 0 aromatic carbocycles. The average Bonchev–Trinajstić information content (AvgIpc) is 2.90. The van der Waals surface area contributed by atoms with E-state index in [1.54, 1.807) is 12.1 Å². The Hall–Kier alpha value is -1.29. The zero-order chi connectivity index (χ0) is 14.8. The number of esters is 1. The summed E-state index contributed by atoms with van der Waals surface area (Å²) in [7, 11) is 1.34. The second-order valence-electron chi connectivity index (χ2n) is 6.34. The van der Waals surface area contributed by atoms with Gasteiger partial charge in [-0.25, -0.2) is 4.79 Å². The third-order valence-corrected chi connectivity index (χ3v) is 4.10. The second kappa shape index (κ2) is 6.00. The first-order valence-corrected chi connectivity index (χ1v) is 7.25. The number of hydrogen-bond donors (Lipinski definition) is 0. The van der Waals surface area contributed by atoms with E-state index in [0.717, 1.165) is 12.8 Å². The largest absolute Gasteiger partial charge is 0.463 e. The highest BCUT2D eigenvalue weighted by atomic mass is 16.5. The Balaban J connectivity index is 1.90. The second-order valence-corrected chi connectivity index (χ2v) is 6.34. The third kappa shape index (κ3) is 3.63. The molecule has 1 aliphatic carbocycles. The van der Waals surface area contributed by atoms with Crippen LogP contribution in [0.5, 0.6) is 0 Å². The minimum Gasteiger partial charge on any atom is -0.463 e. The van der Waals surface area contributed by atoms with Crippen LogP contribution >= 0.6 is 0 Å². The smallest absolute Gasteiger partial charge is 0.373 e. The van der Waals surface area contributed by atoms with Crippen molar-refractivity contribution in [3.8, 4) is 0 Å². The van der Waals surface area contributed by atoms with E-state index < -0.39 is 5.97 Å². The first kappa shape index (κ1) is 15.1. The van der Waals surface area contributed by atoms with Gasteiger partial charge < -0.3 is 13.9 Å². The van der Waals surface area contributed by atoms with Crippen LogP contribution in [0.3, 0.4) is 0 Å². The molecule has 1 aliphatic rings. The lowest BCUT2D eigenvalue weighted by atomic mass is 9.76. The summed E-state index contributed by atoms with van der Waals surface area (Å²) < 4.78 is 16.2. The molecular weight excluding hydrogens is 256 g/mol. The predicted molar refractivity (Wildman–Crippen MR) is 75.6 cm³/mol. The van der Waals surface area contributed by atoms with Gasteiger partial charge in [0.25, 0.3) is 0 Å². The molecule has 0 spiro atoms. The highest BCUT2D eigenvalue weighted by Gasteiger charge is 2.29. The minimum atomic E-state index is -0.456. The summed E-state index contributed by atoms with van der Waals surface area (Å²) in [6.07, 6.45) is 4.69. The van der Waals surface area contributed by atoms with Gasteiger partial charge in [0, 0.05) is 0 Å². The van der Waals surface area contributed by atoms with E-state index in [1.807, 2.05) is 6.92 Å². The van der Waals surface area contributed by atoms with Gasteiger partial charge in [-0.15, -0.1) is 0 Å². The minimum absolute atomic E-state index is 0.139. The van der Waals surface area contributed by atoms with Crippen molar-refractivity contribution in [2.75, 3.05) is 7.11 Å². The van der Waals surface area contributed by atoms with Gasteiger partial charge in [0.15, 0.2) is 0 Å². The number of rotatable bonds is 4. The molecule has 1 aromatic rings. The van der Waals surface area contributed by atoms with E-state index >= 15 is 0 Å². The van der Waals surface area contributed by atoms with E-state index in [-0.39, 0.29) is 18.0 Å². The fraction of sp³-hybridized carbons (Fsp3) is 0.688. The summed E-state index contributed by atoms with van der Waals surface area (Å²) >= 11 is 0. The van der Waals surface area contributed by atoms with Crippen molar-refractivity contribution in [1.82, 2.24) is 0 Å². The van der Waals surface area contributed by atoms with Crippen LogP contribution in [0.25, 0.3) is 0 Å². The third-order valence-electron chi connectivity index (χ3n) is 4.10. The molecule has 1 unspecified atom stereocenters. The van der Waals surface area contributed by atoms with E-state index in [9.17, 15) is 4.79 Å². The zero-order valence-electron chi connectivity index (χ0n) is 12.8. The Kier molecular flexibility index (Phi) is 4.53. The van der Waals surface area contributed by atoms with Crippen LogP contribution in [-0.4, -0.2) is 19.2 Å².